The first-order valence-electron chi connectivity index (χ1n) is 7.70. The van der Waals surface area contributed by atoms with E-state index >= 15 is 0 Å². The average Bonchev–Trinajstić information content (AvgIpc) is 2.41. The normalized spacial score (nSPS) is 17.6. The zero-order chi connectivity index (χ0) is 13.1. The molecule has 0 heteroatoms. The van der Waals surface area contributed by atoms with E-state index in [0.29, 0.717) is 5.41 Å². The van der Waals surface area contributed by atoms with Crippen molar-refractivity contribution in [1.29, 1.82) is 0 Å². The van der Waals surface area contributed by atoms with Crippen molar-refractivity contribution in [2.75, 3.05) is 0 Å². The van der Waals surface area contributed by atoms with Gasteiger partial charge in [0.2, 0.25) is 0 Å². The van der Waals surface area contributed by atoms with E-state index in [0.717, 1.165) is 0 Å². The molecule has 0 radical (unpaired) electrons. The van der Waals surface area contributed by atoms with Crippen molar-refractivity contribution in [3.05, 3.63) is 37.5 Å². The molecule has 0 aromatic carbocycles. The Hall–Kier alpha value is -0.780. The molecule has 0 fully saturated rings. The Morgan fingerprint density at radius 2 is 1.50 bits per heavy atom. The number of allylic oxidation sites excluding steroid dienone is 4. The predicted molar refractivity (Wildman–Crippen MR) is 82.8 cm³/mol. The first kappa shape index (κ1) is 15.3. The maximum Gasteiger partial charge on any atom is -0.0260 e. The van der Waals surface area contributed by atoms with E-state index in [2.05, 4.69) is 37.5 Å². The van der Waals surface area contributed by atoms with Crippen LogP contribution in [0.2, 0.25) is 0 Å². The maximum absolute atomic E-state index is 3.81. The van der Waals surface area contributed by atoms with Gasteiger partial charge in [-0.05, 0) is 63.2 Å². The molecule has 0 spiro atoms. The van der Waals surface area contributed by atoms with Gasteiger partial charge in [-0.25, -0.2) is 0 Å². The second-order valence-electron chi connectivity index (χ2n) is 5.78. The van der Waals surface area contributed by atoms with E-state index in [1.54, 1.807) is 0 Å². The van der Waals surface area contributed by atoms with Crippen LogP contribution in [0.1, 0.15) is 70.6 Å². The smallest absolute Gasteiger partial charge is 0.0260 e. The zero-order valence-corrected chi connectivity index (χ0v) is 12.0. The van der Waals surface area contributed by atoms with Gasteiger partial charge >= 0.3 is 0 Å². The highest BCUT2D eigenvalue weighted by atomic mass is 14.3. The van der Waals surface area contributed by atoms with E-state index in [1.165, 1.54) is 70.6 Å². The lowest BCUT2D eigenvalue weighted by Crippen LogP contribution is -2.22. The quantitative estimate of drug-likeness (QED) is 0.318. The van der Waals surface area contributed by atoms with Crippen LogP contribution in [0, 0.1) is 5.41 Å². The van der Waals surface area contributed by atoms with Gasteiger partial charge in [-0.2, -0.15) is 0 Å². The molecule has 18 heavy (non-hydrogen) atoms. The van der Waals surface area contributed by atoms with Gasteiger partial charge in [-0.15, -0.1) is 13.2 Å². The molecular weight excluding hydrogens is 216 g/mol. The van der Waals surface area contributed by atoms with Crippen molar-refractivity contribution in [3.63, 3.8) is 0 Å². The number of hydrogen-bond acceptors (Lipinski definition) is 0. The van der Waals surface area contributed by atoms with Gasteiger partial charge in [-0.1, -0.05) is 37.1 Å². The molecule has 0 aliphatic heterocycles. The lowest BCUT2D eigenvalue weighted by molar-refractivity contribution is 0.201. The van der Waals surface area contributed by atoms with E-state index < -0.39 is 0 Å². The molecule has 0 saturated heterocycles. The van der Waals surface area contributed by atoms with Crippen LogP contribution in [0.15, 0.2) is 37.5 Å². The second-order valence-corrected chi connectivity index (χ2v) is 5.78. The fraction of sp³-hybridized carbons (Fsp3) is 0.667. The van der Waals surface area contributed by atoms with Crippen LogP contribution in [0.3, 0.4) is 0 Å². The molecule has 0 atom stereocenters. The maximum atomic E-state index is 3.81. The Bertz CT molecular complexity index is 243. The SMILES string of the molecule is C=CCCCCC1(CCCCC=C)CC=CCC1. The highest BCUT2D eigenvalue weighted by molar-refractivity contribution is 4.97. The molecule has 1 aliphatic rings. The van der Waals surface area contributed by atoms with Crippen molar-refractivity contribution in [1.82, 2.24) is 0 Å². The Balaban J connectivity index is 2.34. The fourth-order valence-electron chi connectivity index (χ4n) is 3.10. The Morgan fingerprint density at radius 3 is 1.94 bits per heavy atom. The summed E-state index contributed by atoms with van der Waals surface area (Å²) in [7, 11) is 0. The highest BCUT2D eigenvalue weighted by Crippen LogP contribution is 2.42. The van der Waals surface area contributed by atoms with Crippen LogP contribution in [-0.2, 0) is 0 Å². The number of hydrogen-bond donors (Lipinski definition) is 0. The molecule has 0 N–H and O–H groups in total. The van der Waals surface area contributed by atoms with Crippen molar-refractivity contribution in [2.45, 2.75) is 70.6 Å². The average molecular weight is 246 g/mol. The topological polar surface area (TPSA) is 0 Å². The largest absolute Gasteiger partial charge is 0.103 e. The molecule has 0 bridgehead atoms. The molecule has 0 amide bonds. The molecular formula is C18H30. The molecule has 0 saturated carbocycles. The molecule has 0 nitrogen and oxygen atoms in total. The molecule has 1 aliphatic carbocycles. The summed E-state index contributed by atoms with van der Waals surface area (Å²) in [5.74, 6) is 0. The zero-order valence-electron chi connectivity index (χ0n) is 12.0. The summed E-state index contributed by atoms with van der Waals surface area (Å²) < 4.78 is 0. The van der Waals surface area contributed by atoms with Crippen LogP contribution in [0.4, 0.5) is 0 Å². The van der Waals surface area contributed by atoms with Gasteiger partial charge in [-0.3, -0.25) is 0 Å². The standard InChI is InChI=1S/C18H30/c1-3-5-7-10-14-18(15-11-8-6-4-2)16-12-9-13-17-18/h3-4,9,12H,1-2,5-8,10-11,13-17H2. The molecule has 102 valence electrons. The molecule has 0 heterocycles. The van der Waals surface area contributed by atoms with E-state index in [-0.39, 0.29) is 0 Å². The molecule has 0 aromatic heterocycles. The minimum Gasteiger partial charge on any atom is -0.103 e. The summed E-state index contributed by atoms with van der Waals surface area (Å²) in [6.07, 6.45) is 23.5. The van der Waals surface area contributed by atoms with Gasteiger partial charge in [0.25, 0.3) is 0 Å². The summed E-state index contributed by atoms with van der Waals surface area (Å²) in [5, 5.41) is 0. The summed E-state index contributed by atoms with van der Waals surface area (Å²) >= 11 is 0. The van der Waals surface area contributed by atoms with Gasteiger partial charge in [0.05, 0.1) is 0 Å². The Labute approximate surface area is 114 Å². The molecule has 1 rings (SSSR count). The fourth-order valence-corrected chi connectivity index (χ4v) is 3.10. The Morgan fingerprint density at radius 1 is 0.889 bits per heavy atom. The Kier molecular flexibility index (Phi) is 7.80. The van der Waals surface area contributed by atoms with Gasteiger partial charge in [0.15, 0.2) is 0 Å². The van der Waals surface area contributed by atoms with Crippen LogP contribution in [-0.4, -0.2) is 0 Å². The predicted octanol–water partition coefficient (Wildman–Crippen LogP) is 6.21. The summed E-state index contributed by atoms with van der Waals surface area (Å²) in [4.78, 5) is 0. The van der Waals surface area contributed by atoms with E-state index in [4.69, 9.17) is 0 Å². The van der Waals surface area contributed by atoms with Crippen LogP contribution in [0.5, 0.6) is 0 Å². The van der Waals surface area contributed by atoms with Gasteiger partial charge < -0.3 is 0 Å². The second kappa shape index (κ2) is 9.19. The summed E-state index contributed by atoms with van der Waals surface area (Å²) in [6.45, 7) is 7.62. The van der Waals surface area contributed by atoms with E-state index in [9.17, 15) is 0 Å². The molecule has 0 aromatic rings. The highest BCUT2D eigenvalue weighted by Gasteiger charge is 2.28. The number of unbranched alkanes of at least 4 members (excludes halogenated alkanes) is 4. The van der Waals surface area contributed by atoms with Crippen LogP contribution >= 0.6 is 0 Å². The monoisotopic (exact) mass is 246 g/mol. The minimum atomic E-state index is 0.622. The van der Waals surface area contributed by atoms with Crippen LogP contribution < -0.4 is 0 Å². The van der Waals surface area contributed by atoms with Crippen molar-refractivity contribution in [2.24, 2.45) is 5.41 Å². The van der Waals surface area contributed by atoms with Crippen molar-refractivity contribution < 1.29 is 0 Å². The van der Waals surface area contributed by atoms with Gasteiger partial charge in [0.1, 0.15) is 0 Å². The lowest BCUT2D eigenvalue weighted by atomic mass is 9.70. The van der Waals surface area contributed by atoms with Crippen molar-refractivity contribution >= 4 is 0 Å². The summed E-state index contributed by atoms with van der Waals surface area (Å²) in [5.41, 5.74) is 0.622. The van der Waals surface area contributed by atoms with Gasteiger partial charge in [0, 0.05) is 0 Å². The number of rotatable bonds is 10. The third-order valence-corrected chi connectivity index (χ3v) is 4.29. The van der Waals surface area contributed by atoms with E-state index in [1.807, 2.05) is 0 Å². The third-order valence-electron chi connectivity index (χ3n) is 4.29. The molecule has 0 unspecified atom stereocenters. The van der Waals surface area contributed by atoms with Crippen molar-refractivity contribution in [3.8, 4) is 0 Å². The first-order valence-corrected chi connectivity index (χ1v) is 7.70. The third kappa shape index (κ3) is 5.71. The minimum absolute atomic E-state index is 0.622. The lowest BCUT2D eigenvalue weighted by Gasteiger charge is -2.35. The first-order chi connectivity index (χ1) is 8.83. The van der Waals surface area contributed by atoms with Crippen LogP contribution in [0.25, 0.3) is 0 Å². The summed E-state index contributed by atoms with van der Waals surface area (Å²) in [6, 6.07) is 0.